The van der Waals surface area contributed by atoms with E-state index < -0.39 is 5.97 Å². The number of anilines is 1. The van der Waals surface area contributed by atoms with E-state index in [1.165, 1.54) is 6.07 Å². The summed E-state index contributed by atoms with van der Waals surface area (Å²) in [4.78, 5) is 17.2. The summed E-state index contributed by atoms with van der Waals surface area (Å²) in [6.45, 7) is 1.67. The van der Waals surface area contributed by atoms with Gasteiger partial charge in [-0.3, -0.25) is 4.68 Å². The first kappa shape index (κ1) is 11.7. The first-order valence-corrected chi connectivity index (χ1v) is 6.18. The monoisotopic (exact) mass is 258 g/mol. The Morgan fingerprint density at radius 3 is 3.00 bits per heavy atom. The van der Waals surface area contributed by atoms with Gasteiger partial charge in [0.2, 0.25) is 0 Å². The molecule has 1 aliphatic rings. The van der Waals surface area contributed by atoms with Crippen molar-refractivity contribution in [2.75, 3.05) is 18.0 Å². The number of aromatic carboxylic acids is 1. The number of carboxylic acids is 1. The van der Waals surface area contributed by atoms with Crippen LogP contribution in [0, 0.1) is 0 Å². The average Bonchev–Trinajstić information content (AvgIpc) is 3.09. The van der Waals surface area contributed by atoms with Gasteiger partial charge >= 0.3 is 5.97 Å². The minimum absolute atomic E-state index is 0.0834. The maximum absolute atomic E-state index is 10.9. The number of pyridine rings is 1. The summed E-state index contributed by atoms with van der Waals surface area (Å²) in [5.74, 6) is -0.278. The van der Waals surface area contributed by atoms with Gasteiger partial charge in [-0.05, 0) is 24.6 Å². The van der Waals surface area contributed by atoms with Crippen LogP contribution in [-0.4, -0.2) is 38.9 Å². The van der Waals surface area contributed by atoms with Gasteiger partial charge in [-0.2, -0.15) is 5.10 Å². The molecule has 0 amide bonds. The second-order valence-corrected chi connectivity index (χ2v) is 4.56. The molecule has 1 atom stereocenters. The van der Waals surface area contributed by atoms with Crippen molar-refractivity contribution in [2.24, 2.45) is 0 Å². The van der Waals surface area contributed by atoms with Gasteiger partial charge in [0, 0.05) is 25.5 Å². The van der Waals surface area contributed by atoms with E-state index in [1.807, 2.05) is 23.0 Å². The summed E-state index contributed by atoms with van der Waals surface area (Å²) in [5, 5.41) is 13.2. The first-order valence-electron chi connectivity index (χ1n) is 6.18. The van der Waals surface area contributed by atoms with Crippen molar-refractivity contribution in [2.45, 2.75) is 12.5 Å². The summed E-state index contributed by atoms with van der Waals surface area (Å²) >= 11 is 0. The van der Waals surface area contributed by atoms with Gasteiger partial charge in [0.25, 0.3) is 0 Å². The van der Waals surface area contributed by atoms with Crippen LogP contribution < -0.4 is 4.90 Å². The fraction of sp³-hybridized carbons (Fsp3) is 0.308. The number of rotatable bonds is 3. The fourth-order valence-corrected chi connectivity index (χ4v) is 2.38. The molecule has 2 aromatic heterocycles. The Hall–Kier alpha value is -2.37. The lowest BCUT2D eigenvalue weighted by atomic mass is 10.3. The number of hydrogen-bond acceptors (Lipinski definition) is 4. The molecule has 0 aliphatic carbocycles. The van der Waals surface area contributed by atoms with Crippen molar-refractivity contribution in [3.63, 3.8) is 0 Å². The topological polar surface area (TPSA) is 71.2 Å². The normalized spacial score (nSPS) is 18.7. The molecule has 6 heteroatoms. The molecule has 19 heavy (non-hydrogen) atoms. The van der Waals surface area contributed by atoms with E-state index in [0.29, 0.717) is 6.04 Å². The van der Waals surface area contributed by atoms with Gasteiger partial charge < -0.3 is 10.0 Å². The highest BCUT2D eigenvalue weighted by Gasteiger charge is 2.25. The lowest BCUT2D eigenvalue weighted by Gasteiger charge is -2.17. The number of hydrogen-bond donors (Lipinski definition) is 1. The fourth-order valence-electron chi connectivity index (χ4n) is 2.38. The standard InChI is InChI=1S/C13H14N4O2/c18-13(19)11-3-1-4-12(15-11)16-8-5-10(9-16)17-7-2-6-14-17/h1-4,6-7,10H,5,8-9H2,(H,18,19). The van der Waals surface area contributed by atoms with Crippen LogP contribution in [-0.2, 0) is 0 Å². The molecule has 3 heterocycles. The van der Waals surface area contributed by atoms with Crippen LogP contribution in [0.2, 0.25) is 0 Å². The van der Waals surface area contributed by atoms with Crippen LogP contribution in [0.15, 0.2) is 36.7 Å². The van der Waals surface area contributed by atoms with E-state index in [2.05, 4.69) is 15.0 Å². The molecule has 0 saturated carbocycles. The third kappa shape index (κ3) is 2.29. The van der Waals surface area contributed by atoms with E-state index in [4.69, 9.17) is 5.11 Å². The largest absolute Gasteiger partial charge is 0.477 e. The zero-order chi connectivity index (χ0) is 13.2. The molecule has 0 bridgehead atoms. The zero-order valence-electron chi connectivity index (χ0n) is 10.3. The molecule has 98 valence electrons. The molecule has 0 spiro atoms. The van der Waals surface area contributed by atoms with Crippen molar-refractivity contribution in [1.29, 1.82) is 0 Å². The van der Waals surface area contributed by atoms with Gasteiger partial charge in [0.15, 0.2) is 5.69 Å². The van der Waals surface area contributed by atoms with E-state index in [0.717, 1.165) is 25.3 Å². The van der Waals surface area contributed by atoms with Gasteiger partial charge in [-0.25, -0.2) is 9.78 Å². The molecule has 1 aliphatic heterocycles. The van der Waals surface area contributed by atoms with Gasteiger partial charge in [0.05, 0.1) is 6.04 Å². The van der Waals surface area contributed by atoms with Crippen molar-refractivity contribution in [3.8, 4) is 0 Å². The Kier molecular flexibility index (Phi) is 2.91. The van der Waals surface area contributed by atoms with Crippen molar-refractivity contribution in [1.82, 2.24) is 14.8 Å². The van der Waals surface area contributed by atoms with Crippen LogP contribution in [0.5, 0.6) is 0 Å². The second kappa shape index (κ2) is 4.72. The molecule has 1 fully saturated rings. The Morgan fingerprint density at radius 1 is 1.37 bits per heavy atom. The van der Waals surface area contributed by atoms with Crippen LogP contribution >= 0.6 is 0 Å². The van der Waals surface area contributed by atoms with E-state index in [-0.39, 0.29) is 5.69 Å². The predicted molar refractivity (Wildman–Crippen MR) is 69.3 cm³/mol. The van der Waals surface area contributed by atoms with E-state index in [1.54, 1.807) is 12.3 Å². The van der Waals surface area contributed by atoms with E-state index >= 15 is 0 Å². The Morgan fingerprint density at radius 2 is 2.26 bits per heavy atom. The smallest absolute Gasteiger partial charge is 0.354 e. The lowest BCUT2D eigenvalue weighted by Crippen LogP contribution is -2.22. The third-order valence-corrected chi connectivity index (χ3v) is 3.34. The van der Waals surface area contributed by atoms with Crippen LogP contribution in [0.3, 0.4) is 0 Å². The van der Waals surface area contributed by atoms with E-state index in [9.17, 15) is 4.79 Å². The Bertz CT molecular complexity index is 582. The summed E-state index contributed by atoms with van der Waals surface area (Å²) in [5.41, 5.74) is 0.0834. The molecule has 1 N–H and O–H groups in total. The Labute approximate surface area is 110 Å². The number of aromatic nitrogens is 3. The molecule has 2 aromatic rings. The quantitative estimate of drug-likeness (QED) is 0.901. The van der Waals surface area contributed by atoms with Crippen molar-refractivity contribution in [3.05, 3.63) is 42.4 Å². The number of nitrogens with zero attached hydrogens (tertiary/aromatic N) is 4. The molecule has 0 aromatic carbocycles. The molecule has 3 rings (SSSR count). The van der Waals surface area contributed by atoms with Crippen LogP contribution in [0.25, 0.3) is 0 Å². The SMILES string of the molecule is O=C(O)c1cccc(N2CCC(n3cccn3)C2)n1. The summed E-state index contributed by atoms with van der Waals surface area (Å²) in [6.07, 6.45) is 4.71. The predicted octanol–water partition coefficient (Wildman–Crippen LogP) is 1.43. The van der Waals surface area contributed by atoms with Gasteiger partial charge in [0.1, 0.15) is 5.82 Å². The molecule has 6 nitrogen and oxygen atoms in total. The molecule has 0 radical (unpaired) electrons. The van der Waals surface area contributed by atoms with Crippen molar-refractivity contribution < 1.29 is 9.90 Å². The summed E-state index contributed by atoms with van der Waals surface area (Å²) < 4.78 is 1.95. The summed E-state index contributed by atoms with van der Waals surface area (Å²) in [7, 11) is 0. The van der Waals surface area contributed by atoms with Crippen LogP contribution in [0.4, 0.5) is 5.82 Å². The second-order valence-electron chi connectivity index (χ2n) is 4.56. The van der Waals surface area contributed by atoms with Gasteiger partial charge in [-0.1, -0.05) is 6.07 Å². The lowest BCUT2D eigenvalue weighted by molar-refractivity contribution is 0.0690. The average molecular weight is 258 g/mol. The number of carbonyl (C=O) groups is 1. The number of carboxylic acid groups (broad SMARTS) is 1. The minimum Gasteiger partial charge on any atom is -0.477 e. The highest BCUT2D eigenvalue weighted by molar-refractivity contribution is 5.85. The molecule has 1 saturated heterocycles. The maximum atomic E-state index is 10.9. The molecule has 1 unspecified atom stereocenters. The summed E-state index contributed by atoms with van der Waals surface area (Å²) in [6, 6.07) is 7.31. The molecular weight excluding hydrogens is 244 g/mol. The van der Waals surface area contributed by atoms with Crippen LogP contribution in [0.1, 0.15) is 23.0 Å². The minimum atomic E-state index is -0.996. The maximum Gasteiger partial charge on any atom is 0.354 e. The first-order chi connectivity index (χ1) is 9.24. The van der Waals surface area contributed by atoms with Crippen molar-refractivity contribution >= 4 is 11.8 Å². The Balaban J connectivity index is 1.77. The molecular formula is C13H14N4O2. The highest BCUT2D eigenvalue weighted by Crippen LogP contribution is 2.25. The zero-order valence-corrected chi connectivity index (χ0v) is 10.3. The highest BCUT2D eigenvalue weighted by atomic mass is 16.4. The third-order valence-electron chi connectivity index (χ3n) is 3.34. The van der Waals surface area contributed by atoms with Gasteiger partial charge in [-0.15, -0.1) is 0 Å².